The van der Waals surface area contributed by atoms with Gasteiger partial charge in [0, 0.05) is 17.7 Å². The van der Waals surface area contributed by atoms with Crippen molar-refractivity contribution in [3.8, 4) is 0 Å². The highest BCUT2D eigenvalue weighted by atomic mass is 16.6. The molecule has 0 aliphatic carbocycles. The minimum absolute atomic E-state index is 0.0730. The number of hydrogen-bond acceptors (Lipinski definition) is 4. The number of nitrogens with one attached hydrogen (secondary N) is 2. The number of nitrogens with zero attached hydrogens (tertiary/aromatic N) is 1. The van der Waals surface area contributed by atoms with Crippen LogP contribution in [0.15, 0.2) is 109 Å². The predicted molar refractivity (Wildman–Crippen MR) is 145 cm³/mol. The van der Waals surface area contributed by atoms with Crippen LogP contribution in [0.1, 0.15) is 40.0 Å². The number of non-ortho nitro benzene ring substituents is 1. The van der Waals surface area contributed by atoms with E-state index in [0.717, 1.165) is 5.56 Å². The summed E-state index contributed by atoms with van der Waals surface area (Å²) in [5, 5.41) is 17.1. The molecule has 0 saturated heterocycles. The van der Waals surface area contributed by atoms with Crippen molar-refractivity contribution >= 4 is 34.8 Å². The number of carbonyl (C=O) groups excluding carboxylic acids is 2. The third-order valence-electron chi connectivity index (χ3n) is 5.79. The van der Waals surface area contributed by atoms with E-state index in [4.69, 9.17) is 0 Å². The lowest BCUT2D eigenvalue weighted by Gasteiger charge is -2.17. The minimum Gasteiger partial charge on any atom is -0.345 e. The molecule has 0 spiro atoms. The van der Waals surface area contributed by atoms with E-state index in [1.54, 1.807) is 66.7 Å². The Labute approximate surface area is 214 Å². The Balaban J connectivity index is 1.63. The SMILES string of the molecule is C[C@H](NC(=O)c1ccccc1NC(=O)/C(=C/c1cccc([N+](=O)[O-])c1)c1ccccc1)c1ccccc1. The molecule has 7 nitrogen and oxygen atoms in total. The van der Waals surface area contributed by atoms with Crippen molar-refractivity contribution in [3.63, 3.8) is 0 Å². The fourth-order valence-electron chi connectivity index (χ4n) is 3.87. The summed E-state index contributed by atoms with van der Waals surface area (Å²) in [7, 11) is 0. The predicted octanol–water partition coefficient (Wildman–Crippen LogP) is 6.27. The van der Waals surface area contributed by atoms with Gasteiger partial charge in [0.05, 0.1) is 22.2 Å². The molecule has 0 bridgehead atoms. The highest BCUT2D eigenvalue weighted by molar-refractivity contribution is 6.29. The molecule has 7 heteroatoms. The van der Waals surface area contributed by atoms with Gasteiger partial charge in [0.15, 0.2) is 0 Å². The average molecular weight is 492 g/mol. The number of nitro benzene ring substituents is 1. The Morgan fingerprint density at radius 3 is 2.19 bits per heavy atom. The van der Waals surface area contributed by atoms with Crippen LogP contribution in [0.5, 0.6) is 0 Å². The van der Waals surface area contributed by atoms with Crippen molar-refractivity contribution in [2.24, 2.45) is 0 Å². The maximum absolute atomic E-state index is 13.5. The number of nitro groups is 1. The van der Waals surface area contributed by atoms with Gasteiger partial charge in [-0.25, -0.2) is 0 Å². The summed E-state index contributed by atoms with van der Waals surface area (Å²) in [6.07, 6.45) is 1.60. The van der Waals surface area contributed by atoms with E-state index in [2.05, 4.69) is 10.6 Å². The fourth-order valence-corrected chi connectivity index (χ4v) is 3.87. The van der Waals surface area contributed by atoms with Gasteiger partial charge in [0.2, 0.25) is 0 Å². The smallest absolute Gasteiger partial charge is 0.270 e. The van der Waals surface area contributed by atoms with Crippen LogP contribution in [0.2, 0.25) is 0 Å². The third kappa shape index (κ3) is 6.35. The standard InChI is InChI=1S/C30H25N3O4/c1-21(23-12-4-2-5-13-23)31-29(34)26-17-8-9-18-28(26)32-30(35)27(24-14-6-3-7-15-24)20-22-11-10-16-25(19-22)33(36)37/h2-21H,1H3,(H,31,34)(H,32,35)/b27-20+/t21-/m0/s1. The maximum atomic E-state index is 13.5. The molecular weight excluding hydrogens is 466 g/mol. The molecule has 0 heterocycles. The number of anilines is 1. The fraction of sp³-hybridized carbons (Fsp3) is 0.0667. The molecule has 4 rings (SSSR count). The summed E-state index contributed by atoms with van der Waals surface area (Å²) in [4.78, 5) is 37.4. The Morgan fingerprint density at radius 1 is 0.838 bits per heavy atom. The van der Waals surface area contributed by atoms with Crippen molar-refractivity contribution in [1.29, 1.82) is 0 Å². The van der Waals surface area contributed by atoms with Gasteiger partial charge < -0.3 is 10.6 Å². The maximum Gasteiger partial charge on any atom is 0.270 e. The number of amides is 2. The van der Waals surface area contributed by atoms with E-state index in [1.807, 2.05) is 43.3 Å². The molecular formula is C30H25N3O4. The van der Waals surface area contributed by atoms with E-state index in [0.29, 0.717) is 28.0 Å². The Hall–Kier alpha value is -5.04. The molecule has 0 radical (unpaired) electrons. The van der Waals surface area contributed by atoms with Crippen LogP contribution in [0.3, 0.4) is 0 Å². The molecule has 0 aromatic heterocycles. The van der Waals surface area contributed by atoms with Crippen molar-refractivity contribution < 1.29 is 14.5 Å². The molecule has 0 saturated carbocycles. The lowest BCUT2D eigenvalue weighted by atomic mass is 10.0. The van der Waals surface area contributed by atoms with Gasteiger partial charge in [-0.15, -0.1) is 0 Å². The van der Waals surface area contributed by atoms with E-state index < -0.39 is 10.8 Å². The van der Waals surface area contributed by atoms with Crippen LogP contribution >= 0.6 is 0 Å². The van der Waals surface area contributed by atoms with Crippen LogP contribution in [0.4, 0.5) is 11.4 Å². The number of benzene rings is 4. The summed E-state index contributed by atoms with van der Waals surface area (Å²) in [6, 6.07) is 31.2. The highest BCUT2D eigenvalue weighted by Crippen LogP contribution is 2.24. The Bertz CT molecular complexity index is 1450. The molecule has 0 aliphatic heterocycles. The van der Waals surface area contributed by atoms with Gasteiger partial charge >= 0.3 is 0 Å². The Morgan fingerprint density at radius 2 is 1.49 bits per heavy atom. The third-order valence-corrected chi connectivity index (χ3v) is 5.79. The highest BCUT2D eigenvalue weighted by Gasteiger charge is 2.19. The van der Waals surface area contributed by atoms with Crippen LogP contribution < -0.4 is 10.6 Å². The second kappa shape index (κ2) is 11.6. The zero-order valence-electron chi connectivity index (χ0n) is 20.1. The van der Waals surface area contributed by atoms with Crippen LogP contribution in [0, 0.1) is 10.1 Å². The lowest BCUT2D eigenvalue weighted by Crippen LogP contribution is -2.28. The van der Waals surface area contributed by atoms with E-state index in [1.165, 1.54) is 12.1 Å². The molecule has 0 aliphatic rings. The van der Waals surface area contributed by atoms with Gasteiger partial charge in [-0.2, -0.15) is 0 Å². The van der Waals surface area contributed by atoms with E-state index >= 15 is 0 Å². The van der Waals surface area contributed by atoms with Gasteiger partial charge in [0.1, 0.15) is 0 Å². The van der Waals surface area contributed by atoms with Gasteiger partial charge in [-0.1, -0.05) is 84.9 Å². The zero-order valence-corrected chi connectivity index (χ0v) is 20.1. The molecule has 1 atom stereocenters. The second-order valence-corrected chi connectivity index (χ2v) is 8.38. The van der Waals surface area contributed by atoms with Crippen LogP contribution in [-0.4, -0.2) is 16.7 Å². The summed E-state index contributed by atoms with van der Waals surface area (Å²) < 4.78 is 0. The normalized spacial score (nSPS) is 11.9. The molecule has 2 amide bonds. The molecule has 0 unspecified atom stereocenters. The topological polar surface area (TPSA) is 101 Å². The quantitative estimate of drug-likeness (QED) is 0.131. The lowest BCUT2D eigenvalue weighted by molar-refractivity contribution is -0.384. The molecule has 184 valence electrons. The number of rotatable bonds is 8. The largest absolute Gasteiger partial charge is 0.345 e. The van der Waals surface area contributed by atoms with Crippen molar-refractivity contribution in [2.45, 2.75) is 13.0 Å². The van der Waals surface area contributed by atoms with Crippen molar-refractivity contribution in [3.05, 3.63) is 142 Å². The van der Waals surface area contributed by atoms with E-state index in [-0.39, 0.29) is 17.6 Å². The average Bonchev–Trinajstić information content (AvgIpc) is 2.93. The first kappa shape index (κ1) is 25.1. The minimum atomic E-state index is -0.481. The Kier molecular flexibility index (Phi) is 7.85. The molecule has 2 N–H and O–H groups in total. The number of para-hydroxylation sites is 1. The summed E-state index contributed by atoms with van der Waals surface area (Å²) in [5.41, 5.74) is 3.00. The van der Waals surface area contributed by atoms with Gasteiger partial charge in [-0.05, 0) is 41.8 Å². The van der Waals surface area contributed by atoms with Gasteiger partial charge in [0.25, 0.3) is 17.5 Å². The molecule has 4 aromatic carbocycles. The summed E-state index contributed by atoms with van der Waals surface area (Å²) in [6.45, 7) is 1.89. The van der Waals surface area contributed by atoms with E-state index in [9.17, 15) is 19.7 Å². The van der Waals surface area contributed by atoms with Crippen molar-refractivity contribution in [2.75, 3.05) is 5.32 Å². The number of hydrogen-bond donors (Lipinski definition) is 2. The first-order valence-electron chi connectivity index (χ1n) is 11.7. The van der Waals surface area contributed by atoms with Crippen LogP contribution in [-0.2, 0) is 4.79 Å². The molecule has 37 heavy (non-hydrogen) atoms. The zero-order chi connectivity index (χ0) is 26.2. The summed E-state index contributed by atoms with van der Waals surface area (Å²) in [5.74, 6) is -0.773. The van der Waals surface area contributed by atoms with Crippen LogP contribution in [0.25, 0.3) is 11.6 Å². The summed E-state index contributed by atoms with van der Waals surface area (Å²) >= 11 is 0. The van der Waals surface area contributed by atoms with Gasteiger partial charge in [-0.3, -0.25) is 19.7 Å². The molecule has 0 fully saturated rings. The first-order valence-corrected chi connectivity index (χ1v) is 11.7. The molecule has 4 aromatic rings. The van der Waals surface area contributed by atoms with Crippen molar-refractivity contribution in [1.82, 2.24) is 5.32 Å². The monoisotopic (exact) mass is 491 g/mol. The second-order valence-electron chi connectivity index (χ2n) is 8.38. The number of carbonyl (C=O) groups is 2. The first-order chi connectivity index (χ1) is 17.9.